The van der Waals surface area contributed by atoms with Crippen LogP contribution < -0.4 is 9.84 Å². The van der Waals surface area contributed by atoms with Gasteiger partial charge >= 0.3 is 0 Å². The normalized spacial score (nSPS) is 10.5. The van der Waals surface area contributed by atoms with Gasteiger partial charge in [-0.05, 0) is 36.6 Å². The summed E-state index contributed by atoms with van der Waals surface area (Å²) in [6.45, 7) is 2.22. The molecule has 0 aliphatic rings. The van der Waals surface area contributed by atoms with Gasteiger partial charge in [-0.1, -0.05) is 69.4 Å². The first-order chi connectivity index (χ1) is 11.7. The zero-order valence-corrected chi connectivity index (χ0v) is 14.3. The fraction of sp³-hybridized carbons (Fsp3) is 0.381. The van der Waals surface area contributed by atoms with Gasteiger partial charge in [-0.2, -0.15) is 0 Å². The van der Waals surface area contributed by atoms with Crippen molar-refractivity contribution < 1.29 is 14.6 Å². The molecule has 0 radical (unpaired) electrons. The molecule has 3 nitrogen and oxygen atoms in total. The van der Waals surface area contributed by atoms with Crippen LogP contribution in [0.2, 0.25) is 0 Å². The summed E-state index contributed by atoms with van der Waals surface area (Å²) in [6.07, 6.45) is 8.40. The Hall–Kier alpha value is -2.29. The van der Waals surface area contributed by atoms with Gasteiger partial charge in [0.25, 0.3) is 0 Å². The smallest absolute Gasteiger partial charge is 0.136 e. The maximum Gasteiger partial charge on any atom is 0.136 e. The van der Waals surface area contributed by atoms with Crippen LogP contribution in [0.25, 0.3) is 0 Å². The molecule has 0 bridgehead atoms. The minimum Gasteiger partial charge on any atom is -0.545 e. The van der Waals surface area contributed by atoms with Gasteiger partial charge in [-0.15, -0.1) is 0 Å². The zero-order valence-electron chi connectivity index (χ0n) is 14.3. The Kier molecular flexibility index (Phi) is 7.34. The number of ether oxygens (including phenoxy) is 1. The molecule has 0 fully saturated rings. The van der Waals surface area contributed by atoms with Gasteiger partial charge in [0.15, 0.2) is 0 Å². The number of rotatable bonds is 10. The van der Waals surface area contributed by atoms with E-state index >= 15 is 0 Å². The quantitative estimate of drug-likeness (QED) is 0.593. The summed E-state index contributed by atoms with van der Waals surface area (Å²) in [7, 11) is 0. The lowest BCUT2D eigenvalue weighted by Gasteiger charge is -2.14. The first-order valence-electron chi connectivity index (χ1n) is 8.78. The molecule has 0 aliphatic heterocycles. The van der Waals surface area contributed by atoms with Crippen LogP contribution in [0.3, 0.4) is 0 Å². The summed E-state index contributed by atoms with van der Waals surface area (Å²) in [5.41, 5.74) is 1.19. The van der Waals surface area contributed by atoms with Crippen LogP contribution >= 0.6 is 0 Å². The van der Waals surface area contributed by atoms with E-state index in [1.54, 1.807) is 18.2 Å². The van der Waals surface area contributed by atoms with Gasteiger partial charge in [-0.3, -0.25) is 0 Å². The van der Waals surface area contributed by atoms with E-state index < -0.39 is 5.97 Å². The monoisotopic (exact) mass is 325 g/mol. The molecule has 128 valence electrons. The van der Waals surface area contributed by atoms with Crippen LogP contribution in [0, 0.1) is 0 Å². The third-order valence-corrected chi connectivity index (χ3v) is 4.10. The highest BCUT2D eigenvalue weighted by Crippen LogP contribution is 2.29. The van der Waals surface area contributed by atoms with Gasteiger partial charge < -0.3 is 14.6 Å². The summed E-state index contributed by atoms with van der Waals surface area (Å²) >= 11 is 0. The van der Waals surface area contributed by atoms with E-state index in [1.807, 2.05) is 24.3 Å². The van der Waals surface area contributed by atoms with Crippen molar-refractivity contribution in [1.29, 1.82) is 0 Å². The summed E-state index contributed by atoms with van der Waals surface area (Å²) in [6, 6.07) is 14.4. The molecule has 0 aromatic heterocycles. The molecule has 2 rings (SSSR count). The number of carbonyl (C=O) groups excluding carboxylic acids is 1. The number of benzene rings is 2. The second-order valence-corrected chi connectivity index (χ2v) is 6.01. The second kappa shape index (κ2) is 9.76. The molecule has 2 aromatic carbocycles. The number of aryl methyl sites for hydroxylation is 1. The number of hydrogen-bond donors (Lipinski definition) is 0. The summed E-state index contributed by atoms with van der Waals surface area (Å²) in [5, 5.41) is 11.2. The van der Waals surface area contributed by atoms with E-state index in [0.29, 0.717) is 5.75 Å². The van der Waals surface area contributed by atoms with Gasteiger partial charge in [0.2, 0.25) is 0 Å². The topological polar surface area (TPSA) is 49.4 Å². The maximum atomic E-state index is 11.2. The Labute approximate surface area is 144 Å². The van der Waals surface area contributed by atoms with Gasteiger partial charge in [0, 0.05) is 5.56 Å². The Bertz CT molecular complexity index is 649. The molecule has 0 unspecified atom stereocenters. The van der Waals surface area contributed by atoms with Crippen molar-refractivity contribution in [3.8, 4) is 11.5 Å². The molecule has 0 atom stereocenters. The first-order valence-corrected chi connectivity index (χ1v) is 8.78. The number of para-hydroxylation sites is 2. The lowest BCUT2D eigenvalue weighted by Crippen LogP contribution is -2.22. The molecular weight excluding hydrogens is 300 g/mol. The minimum absolute atomic E-state index is 0.0758. The van der Waals surface area contributed by atoms with Crippen LogP contribution in [0.1, 0.15) is 61.4 Å². The number of carboxylic acid groups (broad SMARTS) is 1. The highest BCUT2D eigenvalue weighted by molar-refractivity contribution is 5.89. The van der Waals surface area contributed by atoms with E-state index in [9.17, 15) is 9.90 Å². The van der Waals surface area contributed by atoms with Crippen molar-refractivity contribution in [2.24, 2.45) is 0 Å². The molecule has 24 heavy (non-hydrogen) atoms. The Morgan fingerprint density at radius 2 is 1.50 bits per heavy atom. The lowest BCUT2D eigenvalue weighted by molar-refractivity contribution is -0.255. The largest absolute Gasteiger partial charge is 0.545 e. The predicted molar refractivity (Wildman–Crippen MR) is 94.4 cm³/mol. The molecule has 0 saturated carbocycles. The van der Waals surface area contributed by atoms with Crippen molar-refractivity contribution in [1.82, 2.24) is 0 Å². The van der Waals surface area contributed by atoms with Crippen molar-refractivity contribution in [3.05, 3.63) is 59.7 Å². The summed E-state index contributed by atoms with van der Waals surface area (Å²) in [4.78, 5) is 11.2. The molecule has 0 aliphatic carbocycles. The SMILES string of the molecule is CCCCCCCCc1ccccc1Oc1ccccc1C(=O)[O-]. The summed E-state index contributed by atoms with van der Waals surface area (Å²) < 4.78 is 5.88. The highest BCUT2D eigenvalue weighted by atomic mass is 16.5. The summed E-state index contributed by atoms with van der Waals surface area (Å²) in [5.74, 6) is -0.174. The average molecular weight is 325 g/mol. The molecule has 0 N–H and O–H groups in total. The number of unbranched alkanes of at least 4 members (excludes halogenated alkanes) is 5. The average Bonchev–Trinajstić information content (AvgIpc) is 2.59. The van der Waals surface area contributed by atoms with E-state index in [0.717, 1.165) is 24.2 Å². The first kappa shape index (κ1) is 18.1. The Morgan fingerprint density at radius 1 is 0.875 bits per heavy atom. The van der Waals surface area contributed by atoms with Gasteiger partial charge in [0.05, 0.1) is 5.97 Å². The highest BCUT2D eigenvalue weighted by Gasteiger charge is 2.08. The number of carboxylic acids is 1. The van der Waals surface area contributed by atoms with E-state index in [1.165, 1.54) is 38.2 Å². The predicted octanol–water partition coefficient (Wildman–Crippen LogP) is 4.75. The molecule has 0 heterocycles. The van der Waals surface area contributed by atoms with Crippen LogP contribution in [0.4, 0.5) is 0 Å². The van der Waals surface area contributed by atoms with Crippen LogP contribution in [-0.2, 0) is 6.42 Å². The molecule has 0 saturated heterocycles. The van der Waals surface area contributed by atoms with Crippen LogP contribution in [0.15, 0.2) is 48.5 Å². The zero-order chi connectivity index (χ0) is 17.2. The Morgan fingerprint density at radius 3 is 2.25 bits per heavy atom. The van der Waals surface area contributed by atoms with Crippen molar-refractivity contribution in [2.75, 3.05) is 0 Å². The van der Waals surface area contributed by atoms with Gasteiger partial charge in [0.1, 0.15) is 11.5 Å². The minimum atomic E-state index is -1.22. The second-order valence-electron chi connectivity index (χ2n) is 6.01. The van der Waals surface area contributed by atoms with Crippen LogP contribution in [-0.4, -0.2) is 5.97 Å². The van der Waals surface area contributed by atoms with E-state index in [4.69, 9.17) is 4.74 Å². The van der Waals surface area contributed by atoms with E-state index in [-0.39, 0.29) is 5.56 Å². The standard InChI is InChI=1S/C21H26O3/c1-2-3-4-5-6-7-12-17-13-8-10-15-19(17)24-20-16-11-9-14-18(20)21(22)23/h8-11,13-16H,2-7,12H2,1H3,(H,22,23)/p-1. The molecule has 2 aromatic rings. The van der Waals surface area contributed by atoms with Crippen molar-refractivity contribution in [3.63, 3.8) is 0 Å². The van der Waals surface area contributed by atoms with Crippen LogP contribution in [0.5, 0.6) is 11.5 Å². The molecule has 0 spiro atoms. The van der Waals surface area contributed by atoms with Crippen molar-refractivity contribution >= 4 is 5.97 Å². The lowest BCUT2D eigenvalue weighted by atomic mass is 10.0. The van der Waals surface area contributed by atoms with Crippen molar-refractivity contribution in [2.45, 2.75) is 51.9 Å². The van der Waals surface area contributed by atoms with Gasteiger partial charge in [-0.25, -0.2) is 0 Å². The third kappa shape index (κ3) is 5.41. The molecule has 3 heteroatoms. The molecule has 0 amide bonds. The fourth-order valence-corrected chi connectivity index (χ4v) is 2.75. The fourth-order valence-electron chi connectivity index (χ4n) is 2.75. The number of carbonyl (C=O) groups is 1. The molecular formula is C21H25O3-. The maximum absolute atomic E-state index is 11.2. The number of aromatic carboxylic acids is 1. The number of hydrogen-bond acceptors (Lipinski definition) is 3. The third-order valence-electron chi connectivity index (χ3n) is 4.10. The Balaban J connectivity index is 2.00. The van der Waals surface area contributed by atoms with E-state index in [2.05, 4.69) is 6.92 Å².